The van der Waals surface area contributed by atoms with Gasteiger partial charge in [-0.2, -0.15) is 10.4 Å². The molecule has 1 heterocycles. The number of benzene rings is 1. The van der Waals surface area contributed by atoms with Crippen molar-refractivity contribution in [3.8, 4) is 17.6 Å². The largest absolute Gasteiger partial charge is 0.493 e. The molecule has 0 aliphatic carbocycles. The fraction of sp³-hybridized carbons (Fsp3) is 0.389. The molecule has 0 fully saturated rings. The molecule has 0 saturated heterocycles. The molecule has 6 nitrogen and oxygen atoms in total. The van der Waals surface area contributed by atoms with Gasteiger partial charge in [0, 0.05) is 13.6 Å². The Hall–Kier alpha value is -2.81. The Morgan fingerprint density at radius 1 is 1.12 bits per heavy atom. The van der Waals surface area contributed by atoms with Gasteiger partial charge in [0.2, 0.25) is 0 Å². The van der Waals surface area contributed by atoms with Crippen molar-refractivity contribution in [2.45, 2.75) is 20.3 Å². The number of aryl methyl sites for hydroxylation is 1. The van der Waals surface area contributed by atoms with Crippen LogP contribution in [0.3, 0.4) is 0 Å². The van der Waals surface area contributed by atoms with E-state index in [2.05, 4.69) is 16.3 Å². The Kier molecular flexibility index (Phi) is 5.59. The predicted octanol–water partition coefficient (Wildman–Crippen LogP) is 2.66. The van der Waals surface area contributed by atoms with Crippen LogP contribution < -0.4 is 14.4 Å². The Balaban J connectivity index is 2.16. The summed E-state index contributed by atoms with van der Waals surface area (Å²) >= 11 is 0. The van der Waals surface area contributed by atoms with Gasteiger partial charge in [-0.1, -0.05) is 6.07 Å². The molecule has 0 saturated carbocycles. The summed E-state index contributed by atoms with van der Waals surface area (Å²) in [4.78, 5) is 1.95. The summed E-state index contributed by atoms with van der Waals surface area (Å²) in [6.07, 6.45) is 0.788. The van der Waals surface area contributed by atoms with Crippen LogP contribution in [0.25, 0.3) is 0 Å². The molecule has 0 N–H and O–H groups in total. The molecule has 0 bridgehead atoms. The van der Waals surface area contributed by atoms with Gasteiger partial charge in [-0.15, -0.1) is 5.10 Å². The van der Waals surface area contributed by atoms with Crippen molar-refractivity contribution in [2.75, 3.05) is 32.7 Å². The molecular formula is C18H22N4O2. The third-order valence-electron chi connectivity index (χ3n) is 4.09. The van der Waals surface area contributed by atoms with E-state index in [4.69, 9.17) is 9.47 Å². The maximum absolute atomic E-state index is 9.41. The van der Waals surface area contributed by atoms with Gasteiger partial charge in [0.25, 0.3) is 0 Å². The Bertz CT molecular complexity index is 768. The van der Waals surface area contributed by atoms with Crippen molar-refractivity contribution < 1.29 is 9.47 Å². The summed E-state index contributed by atoms with van der Waals surface area (Å²) in [6.45, 7) is 4.46. The predicted molar refractivity (Wildman–Crippen MR) is 92.7 cm³/mol. The highest BCUT2D eigenvalue weighted by Crippen LogP contribution is 2.28. The van der Waals surface area contributed by atoms with Crippen molar-refractivity contribution in [2.24, 2.45) is 0 Å². The molecule has 0 amide bonds. The van der Waals surface area contributed by atoms with Crippen LogP contribution in [-0.2, 0) is 6.42 Å². The number of hydrogen-bond donors (Lipinski definition) is 0. The maximum Gasteiger partial charge on any atom is 0.169 e. The molecule has 2 aromatic rings. The second kappa shape index (κ2) is 7.64. The lowest BCUT2D eigenvalue weighted by atomic mass is 10.1. The highest BCUT2D eigenvalue weighted by Gasteiger charge is 2.15. The van der Waals surface area contributed by atoms with Gasteiger partial charge in [0.05, 0.1) is 19.9 Å². The highest BCUT2D eigenvalue weighted by atomic mass is 16.5. The zero-order valence-corrected chi connectivity index (χ0v) is 14.8. The van der Waals surface area contributed by atoms with Gasteiger partial charge in [0.1, 0.15) is 11.6 Å². The Morgan fingerprint density at radius 3 is 2.46 bits per heavy atom. The summed E-state index contributed by atoms with van der Waals surface area (Å²) in [5, 5.41) is 17.7. The lowest BCUT2D eigenvalue weighted by Crippen LogP contribution is -2.23. The van der Waals surface area contributed by atoms with Crippen LogP contribution in [0.1, 0.15) is 22.4 Å². The summed E-state index contributed by atoms with van der Waals surface area (Å²) < 4.78 is 10.6. The molecule has 0 aliphatic rings. The van der Waals surface area contributed by atoms with E-state index in [1.54, 1.807) is 14.2 Å². The van der Waals surface area contributed by atoms with E-state index < -0.39 is 0 Å². The first-order valence-electron chi connectivity index (χ1n) is 7.67. The average Bonchev–Trinajstić information content (AvgIpc) is 2.61. The topological polar surface area (TPSA) is 71.3 Å². The first-order chi connectivity index (χ1) is 11.5. The average molecular weight is 326 g/mol. The van der Waals surface area contributed by atoms with Crippen molar-refractivity contribution in [3.05, 3.63) is 40.6 Å². The molecule has 126 valence electrons. The molecule has 2 rings (SSSR count). The summed E-state index contributed by atoms with van der Waals surface area (Å²) in [7, 11) is 5.16. The van der Waals surface area contributed by atoms with Gasteiger partial charge < -0.3 is 14.4 Å². The molecule has 1 aromatic carbocycles. The van der Waals surface area contributed by atoms with E-state index in [-0.39, 0.29) is 0 Å². The summed E-state index contributed by atoms with van der Waals surface area (Å²) in [5.41, 5.74) is 3.36. The number of ether oxygens (including phenoxy) is 2. The molecule has 1 aromatic heterocycles. The highest BCUT2D eigenvalue weighted by molar-refractivity contribution is 5.57. The van der Waals surface area contributed by atoms with E-state index in [0.717, 1.165) is 23.2 Å². The smallest absolute Gasteiger partial charge is 0.169 e. The van der Waals surface area contributed by atoms with E-state index in [1.807, 2.05) is 44.0 Å². The molecule has 0 unspecified atom stereocenters. The second-order valence-corrected chi connectivity index (χ2v) is 5.58. The van der Waals surface area contributed by atoms with Gasteiger partial charge in [-0.3, -0.25) is 0 Å². The molecule has 6 heteroatoms. The van der Waals surface area contributed by atoms with E-state index in [1.165, 1.54) is 0 Å². The second-order valence-electron chi connectivity index (χ2n) is 5.58. The minimum Gasteiger partial charge on any atom is -0.493 e. The number of anilines is 1. The van der Waals surface area contributed by atoms with E-state index in [9.17, 15) is 5.26 Å². The first kappa shape index (κ1) is 17.5. The number of methoxy groups -OCH3 is 2. The molecular weight excluding hydrogens is 304 g/mol. The lowest BCUT2D eigenvalue weighted by Gasteiger charge is -2.20. The van der Waals surface area contributed by atoms with Crippen molar-refractivity contribution in [3.63, 3.8) is 0 Å². The standard InChI is InChI=1S/C18H22N4O2/c1-12-13(2)20-21-18(15(12)11-19)22(3)9-8-14-6-7-16(23-4)17(10-14)24-5/h6-7,10H,8-9H2,1-5H3. The Morgan fingerprint density at radius 2 is 1.83 bits per heavy atom. The molecule has 0 aliphatic heterocycles. The van der Waals surface area contributed by atoms with Crippen LogP contribution in [0.2, 0.25) is 0 Å². The number of rotatable bonds is 6. The Labute approximate surface area is 142 Å². The first-order valence-corrected chi connectivity index (χ1v) is 7.67. The van der Waals surface area contributed by atoms with E-state index in [0.29, 0.717) is 29.4 Å². The normalized spacial score (nSPS) is 10.2. The van der Waals surface area contributed by atoms with Gasteiger partial charge in [0.15, 0.2) is 17.3 Å². The van der Waals surface area contributed by atoms with Crippen molar-refractivity contribution >= 4 is 5.82 Å². The molecule has 24 heavy (non-hydrogen) atoms. The van der Waals surface area contributed by atoms with Gasteiger partial charge in [-0.05, 0) is 43.5 Å². The lowest BCUT2D eigenvalue weighted by molar-refractivity contribution is 0.354. The van der Waals surface area contributed by atoms with Crippen molar-refractivity contribution in [1.82, 2.24) is 10.2 Å². The van der Waals surface area contributed by atoms with Crippen molar-refractivity contribution in [1.29, 1.82) is 5.26 Å². The number of nitriles is 1. The number of hydrogen-bond acceptors (Lipinski definition) is 6. The fourth-order valence-corrected chi connectivity index (χ4v) is 2.44. The third-order valence-corrected chi connectivity index (χ3v) is 4.09. The van der Waals surface area contributed by atoms with Gasteiger partial charge in [-0.25, -0.2) is 0 Å². The summed E-state index contributed by atoms with van der Waals surface area (Å²) in [6, 6.07) is 8.10. The quantitative estimate of drug-likeness (QED) is 0.813. The SMILES string of the molecule is COc1ccc(CCN(C)c2nnc(C)c(C)c2C#N)cc1OC. The maximum atomic E-state index is 9.41. The zero-order valence-electron chi connectivity index (χ0n) is 14.8. The van der Waals surface area contributed by atoms with Gasteiger partial charge >= 0.3 is 0 Å². The minimum atomic E-state index is 0.581. The number of likely N-dealkylation sites (N-methyl/N-ethyl adjacent to an activating group) is 1. The number of aromatic nitrogens is 2. The molecule has 0 radical (unpaired) electrons. The van der Waals surface area contributed by atoms with Crippen LogP contribution in [0.5, 0.6) is 11.5 Å². The minimum absolute atomic E-state index is 0.581. The zero-order chi connectivity index (χ0) is 17.7. The van der Waals surface area contributed by atoms with Crippen LogP contribution >= 0.6 is 0 Å². The van der Waals surface area contributed by atoms with Crippen LogP contribution in [0.4, 0.5) is 5.82 Å². The van der Waals surface area contributed by atoms with Crippen LogP contribution in [-0.4, -0.2) is 38.0 Å². The third kappa shape index (κ3) is 3.57. The number of nitrogens with zero attached hydrogens (tertiary/aromatic N) is 4. The fourth-order valence-electron chi connectivity index (χ4n) is 2.44. The summed E-state index contributed by atoms with van der Waals surface area (Å²) in [5.74, 6) is 2.03. The van der Waals surface area contributed by atoms with E-state index >= 15 is 0 Å². The monoisotopic (exact) mass is 326 g/mol. The van der Waals surface area contributed by atoms with Crippen LogP contribution in [0.15, 0.2) is 18.2 Å². The van der Waals surface area contributed by atoms with Crippen LogP contribution in [0, 0.1) is 25.2 Å². The molecule has 0 spiro atoms. The molecule has 0 atom stereocenters.